The molecule has 4 nitrogen and oxygen atoms in total. The largest absolute Gasteiger partial charge is 0.477 e. The van der Waals surface area contributed by atoms with Crippen molar-refractivity contribution in [3.05, 3.63) is 47.8 Å². The van der Waals surface area contributed by atoms with Crippen LogP contribution >= 0.6 is 23.5 Å². The van der Waals surface area contributed by atoms with E-state index in [9.17, 15) is 10.1 Å². The molecule has 100 valence electrons. The van der Waals surface area contributed by atoms with E-state index in [0.29, 0.717) is 5.56 Å². The van der Waals surface area contributed by atoms with Crippen LogP contribution in [0.15, 0.2) is 51.2 Å². The molecule has 2 aromatic rings. The molecule has 0 aliphatic heterocycles. The fourth-order valence-corrected chi connectivity index (χ4v) is 3.19. The Labute approximate surface area is 124 Å². The number of aromatic nitrogens is 1. The summed E-state index contributed by atoms with van der Waals surface area (Å²) >= 11 is 2.87. The van der Waals surface area contributed by atoms with Gasteiger partial charge in [0, 0.05) is 20.9 Å². The molecule has 20 heavy (non-hydrogen) atoms. The number of hydrogen-bond donors (Lipinski definition) is 1. The van der Waals surface area contributed by atoms with Gasteiger partial charge in [0.05, 0.1) is 5.56 Å². The molecule has 0 saturated heterocycles. The molecule has 6 heteroatoms. The molecule has 1 heterocycles. The van der Waals surface area contributed by atoms with Gasteiger partial charge in [0.2, 0.25) is 0 Å². The Morgan fingerprint density at radius 3 is 2.75 bits per heavy atom. The number of aromatic carboxylic acids is 1. The van der Waals surface area contributed by atoms with Crippen molar-refractivity contribution in [3.8, 4) is 6.07 Å². The van der Waals surface area contributed by atoms with Gasteiger partial charge in [-0.2, -0.15) is 5.26 Å². The highest BCUT2D eigenvalue weighted by molar-refractivity contribution is 8.00. The van der Waals surface area contributed by atoms with Gasteiger partial charge in [0.15, 0.2) is 0 Å². The van der Waals surface area contributed by atoms with E-state index in [0.717, 1.165) is 14.7 Å². The lowest BCUT2D eigenvalue weighted by Crippen LogP contribution is -1.99. The van der Waals surface area contributed by atoms with Crippen LogP contribution in [-0.2, 0) is 0 Å². The van der Waals surface area contributed by atoms with E-state index in [1.165, 1.54) is 35.8 Å². The third-order valence-corrected chi connectivity index (χ3v) is 4.33. The number of benzene rings is 1. The molecule has 0 saturated carbocycles. The van der Waals surface area contributed by atoms with E-state index in [2.05, 4.69) is 11.1 Å². The maximum absolute atomic E-state index is 10.9. The fourth-order valence-electron chi connectivity index (χ4n) is 1.59. The molecule has 0 atom stereocenters. The minimum absolute atomic E-state index is 0.00507. The van der Waals surface area contributed by atoms with E-state index < -0.39 is 5.97 Å². The van der Waals surface area contributed by atoms with Crippen molar-refractivity contribution in [2.75, 3.05) is 6.26 Å². The van der Waals surface area contributed by atoms with Gasteiger partial charge in [-0.05, 0) is 30.5 Å². The van der Waals surface area contributed by atoms with Crippen molar-refractivity contribution in [1.29, 1.82) is 5.26 Å². The van der Waals surface area contributed by atoms with E-state index in [4.69, 9.17) is 5.11 Å². The smallest absolute Gasteiger partial charge is 0.354 e. The van der Waals surface area contributed by atoms with Crippen LogP contribution in [0.25, 0.3) is 0 Å². The third-order valence-electron chi connectivity index (χ3n) is 2.50. The van der Waals surface area contributed by atoms with Gasteiger partial charge >= 0.3 is 5.97 Å². The highest BCUT2D eigenvalue weighted by atomic mass is 32.2. The third kappa shape index (κ3) is 3.13. The second kappa shape index (κ2) is 6.46. The molecule has 0 spiro atoms. The minimum atomic E-state index is -1.06. The average molecular weight is 302 g/mol. The Kier molecular flexibility index (Phi) is 4.66. The van der Waals surface area contributed by atoms with Crippen LogP contribution in [0.2, 0.25) is 0 Å². The average Bonchev–Trinajstić information content (AvgIpc) is 2.47. The van der Waals surface area contributed by atoms with Gasteiger partial charge in [-0.25, -0.2) is 9.78 Å². The highest BCUT2D eigenvalue weighted by Crippen LogP contribution is 2.34. The Balaban J connectivity index is 2.38. The predicted octanol–water partition coefficient (Wildman–Crippen LogP) is 3.52. The molecule has 1 aromatic heterocycles. The molecule has 0 bridgehead atoms. The zero-order valence-electron chi connectivity index (χ0n) is 10.5. The molecule has 1 N–H and O–H groups in total. The number of pyridine rings is 1. The topological polar surface area (TPSA) is 74.0 Å². The highest BCUT2D eigenvalue weighted by Gasteiger charge is 2.10. The van der Waals surface area contributed by atoms with Gasteiger partial charge in [0.1, 0.15) is 11.8 Å². The normalized spacial score (nSPS) is 10.0. The summed E-state index contributed by atoms with van der Waals surface area (Å²) in [5, 5.41) is 18.2. The summed E-state index contributed by atoms with van der Waals surface area (Å²) in [7, 11) is 0. The first-order valence-corrected chi connectivity index (χ1v) is 7.64. The maximum atomic E-state index is 10.9. The first-order valence-electron chi connectivity index (χ1n) is 5.60. The summed E-state index contributed by atoms with van der Waals surface area (Å²) in [6, 6.07) is 11.1. The molecule has 0 fully saturated rings. The van der Waals surface area contributed by atoms with Crippen molar-refractivity contribution in [3.63, 3.8) is 0 Å². The summed E-state index contributed by atoms with van der Waals surface area (Å²) in [6.45, 7) is 0. The molecule has 1 aromatic carbocycles. The Hall–Kier alpha value is -1.97. The van der Waals surface area contributed by atoms with Crippen LogP contribution < -0.4 is 0 Å². The van der Waals surface area contributed by atoms with Gasteiger partial charge < -0.3 is 5.11 Å². The van der Waals surface area contributed by atoms with Crippen molar-refractivity contribution in [2.24, 2.45) is 0 Å². The lowest BCUT2D eigenvalue weighted by molar-refractivity contribution is 0.0690. The minimum Gasteiger partial charge on any atom is -0.477 e. The Bertz CT molecular complexity index is 696. The van der Waals surface area contributed by atoms with Crippen LogP contribution in [0.4, 0.5) is 0 Å². The van der Waals surface area contributed by atoms with Gasteiger partial charge in [-0.1, -0.05) is 17.8 Å². The Morgan fingerprint density at radius 2 is 2.10 bits per heavy atom. The SMILES string of the molecule is CSc1cccc(Sc2ccnc(C(=O)O)c2)c1C#N. The number of thioether (sulfide) groups is 1. The molecule has 0 amide bonds. The summed E-state index contributed by atoms with van der Waals surface area (Å²) in [6.07, 6.45) is 3.37. The summed E-state index contributed by atoms with van der Waals surface area (Å²) in [5.74, 6) is -1.06. The van der Waals surface area contributed by atoms with Gasteiger partial charge in [-0.3, -0.25) is 0 Å². The monoisotopic (exact) mass is 302 g/mol. The molecule has 0 aliphatic rings. The second-order valence-electron chi connectivity index (χ2n) is 3.73. The molecule has 0 aliphatic carbocycles. The number of rotatable bonds is 4. The summed E-state index contributed by atoms with van der Waals surface area (Å²) in [5.41, 5.74) is 0.605. The van der Waals surface area contributed by atoms with E-state index >= 15 is 0 Å². The van der Waals surface area contributed by atoms with E-state index in [1.54, 1.807) is 6.07 Å². The Morgan fingerprint density at radius 1 is 1.35 bits per heavy atom. The lowest BCUT2D eigenvalue weighted by Gasteiger charge is -2.07. The van der Waals surface area contributed by atoms with Crippen molar-refractivity contribution < 1.29 is 9.90 Å². The van der Waals surface area contributed by atoms with Gasteiger partial charge in [0.25, 0.3) is 0 Å². The van der Waals surface area contributed by atoms with E-state index in [1.807, 2.05) is 24.5 Å². The number of nitrogens with zero attached hydrogens (tertiary/aromatic N) is 2. The van der Waals surface area contributed by atoms with Crippen LogP contribution in [0.5, 0.6) is 0 Å². The van der Waals surface area contributed by atoms with Crippen molar-refractivity contribution in [2.45, 2.75) is 14.7 Å². The molecule has 0 unspecified atom stereocenters. The molecule has 2 rings (SSSR count). The zero-order chi connectivity index (χ0) is 14.5. The van der Waals surface area contributed by atoms with Crippen LogP contribution in [-0.4, -0.2) is 22.3 Å². The summed E-state index contributed by atoms with van der Waals surface area (Å²) in [4.78, 5) is 17.1. The number of hydrogen-bond acceptors (Lipinski definition) is 5. The quantitative estimate of drug-likeness (QED) is 0.871. The molecular formula is C14H10N2O2S2. The number of carboxylic acid groups (broad SMARTS) is 1. The van der Waals surface area contributed by atoms with Crippen molar-refractivity contribution in [1.82, 2.24) is 4.98 Å². The molecular weight excluding hydrogens is 292 g/mol. The standard InChI is InChI=1S/C14H10N2O2S2/c1-19-12-3-2-4-13(10(12)8-15)20-9-5-6-16-11(7-9)14(17)18/h2-7H,1H3,(H,17,18). The first kappa shape index (κ1) is 14.4. The van der Waals surface area contributed by atoms with Crippen molar-refractivity contribution >= 4 is 29.5 Å². The first-order chi connectivity index (χ1) is 9.65. The predicted molar refractivity (Wildman–Crippen MR) is 78.3 cm³/mol. The van der Waals surface area contributed by atoms with Gasteiger partial charge in [-0.15, -0.1) is 11.8 Å². The fraction of sp³-hybridized carbons (Fsp3) is 0.0714. The zero-order valence-corrected chi connectivity index (χ0v) is 12.2. The van der Waals surface area contributed by atoms with Crippen LogP contribution in [0.1, 0.15) is 16.1 Å². The van der Waals surface area contributed by atoms with Crippen LogP contribution in [0.3, 0.4) is 0 Å². The maximum Gasteiger partial charge on any atom is 0.354 e. The summed E-state index contributed by atoms with van der Waals surface area (Å²) < 4.78 is 0. The number of carbonyl (C=O) groups is 1. The molecule has 0 radical (unpaired) electrons. The van der Waals surface area contributed by atoms with E-state index in [-0.39, 0.29) is 5.69 Å². The van der Waals surface area contributed by atoms with Crippen LogP contribution in [0, 0.1) is 11.3 Å². The second-order valence-corrected chi connectivity index (χ2v) is 5.69. The number of nitriles is 1. The number of carboxylic acids is 1. The lowest BCUT2D eigenvalue weighted by atomic mass is 10.2.